The van der Waals surface area contributed by atoms with Crippen LogP contribution in [0.3, 0.4) is 0 Å². The molecule has 1 aromatic rings. The maximum Gasteiger partial charge on any atom is 0.254 e. The average Bonchev–Trinajstić information content (AvgIpc) is 3.40. The van der Waals surface area contributed by atoms with Crippen LogP contribution in [-0.2, 0) is 4.79 Å². The van der Waals surface area contributed by atoms with E-state index in [-0.39, 0.29) is 30.7 Å². The standard InChI is InChI=1S/C20H25N3O4/c24-19(22-15-9-13-4-5-14(10-15)21-13)16-2-1-7-23(16)20(25)12-3-6-17-18(8-12)27-11-26-17/h3,6,8,13-16,21H,1-2,4-5,7,9-11H2,(H,22,24). The van der Waals surface area contributed by atoms with Crippen LogP contribution in [-0.4, -0.2) is 54.2 Å². The molecule has 0 spiro atoms. The lowest BCUT2D eigenvalue weighted by Crippen LogP contribution is -2.53. The molecule has 144 valence electrons. The first-order valence-corrected chi connectivity index (χ1v) is 9.94. The molecule has 7 heteroatoms. The molecule has 0 aromatic heterocycles. The molecule has 7 nitrogen and oxygen atoms in total. The van der Waals surface area contributed by atoms with E-state index in [9.17, 15) is 9.59 Å². The van der Waals surface area contributed by atoms with Crippen LogP contribution in [0.15, 0.2) is 18.2 Å². The van der Waals surface area contributed by atoms with E-state index in [2.05, 4.69) is 10.6 Å². The molecule has 3 unspecified atom stereocenters. The molecule has 5 rings (SSSR count). The molecule has 3 saturated heterocycles. The van der Waals surface area contributed by atoms with Crippen molar-refractivity contribution in [2.45, 2.75) is 62.7 Å². The summed E-state index contributed by atoms with van der Waals surface area (Å²) in [6.45, 7) is 0.794. The minimum absolute atomic E-state index is 0.00658. The summed E-state index contributed by atoms with van der Waals surface area (Å²) in [6, 6.07) is 6.12. The van der Waals surface area contributed by atoms with Gasteiger partial charge in [0.2, 0.25) is 12.7 Å². The fourth-order valence-electron chi connectivity index (χ4n) is 4.95. The van der Waals surface area contributed by atoms with E-state index >= 15 is 0 Å². The van der Waals surface area contributed by atoms with Crippen molar-refractivity contribution in [3.63, 3.8) is 0 Å². The number of nitrogens with one attached hydrogen (secondary N) is 2. The van der Waals surface area contributed by atoms with Crippen LogP contribution >= 0.6 is 0 Å². The van der Waals surface area contributed by atoms with Gasteiger partial charge in [0.25, 0.3) is 5.91 Å². The first-order chi connectivity index (χ1) is 13.2. The zero-order chi connectivity index (χ0) is 18.4. The lowest BCUT2D eigenvalue weighted by molar-refractivity contribution is -0.125. The fourth-order valence-corrected chi connectivity index (χ4v) is 4.95. The number of nitrogens with zero attached hydrogens (tertiary/aromatic N) is 1. The van der Waals surface area contributed by atoms with Crippen molar-refractivity contribution >= 4 is 11.8 Å². The number of hydrogen-bond donors (Lipinski definition) is 2. The number of benzene rings is 1. The summed E-state index contributed by atoms with van der Waals surface area (Å²) in [4.78, 5) is 27.6. The van der Waals surface area contributed by atoms with E-state index in [4.69, 9.17) is 9.47 Å². The largest absolute Gasteiger partial charge is 0.454 e. The summed E-state index contributed by atoms with van der Waals surface area (Å²) in [5, 5.41) is 6.82. The summed E-state index contributed by atoms with van der Waals surface area (Å²) in [7, 11) is 0. The second-order valence-electron chi connectivity index (χ2n) is 8.04. The number of hydrogen-bond acceptors (Lipinski definition) is 5. The monoisotopic (exact) mass is 371 g/mol. The highest BCUT2D eigenvalue weighted by Crippen LogP contribution is 2.33. The summed E-state index contributed by atoms with van der Waals surface area (Å²) < 4.78 is 10.7. The van der Waals surface area contributed by atoms with Gasteiger partial charge in [-0.15, -0.1) is 0 Å². The van der Waals surface area contributed by atoms with Crippen molar-refractivity contribution < 1.29 is 19.1 Å². The highest BCUT2D eigenvalue weighted by atomic mass is 16.7. The molecule has 0 radical (unpaired) electrons. The fraction of sp³-hybridized carbons (Fsp3) is 0.600. The molecule has 4 aliphatic rings. The number of rotatable bonds is 3. The number of piperidine rings is 1. The smallest absolute Gasteiger partial charge is 0.254 e. The van der Waals surface area contributed by atoms with Crippen LogP contribution in [0.25, 0.3) is 0 Å². The van der Waals surface area contributed by atoms with Gasteiger partial charge >= 0.3 is 0 Å². The minimum atomic E-state index is -0.379. The van der Waals surface area contributed by atoms with E-state index in [1.807, 2.05) is 0 Å². The quantitative estimate of drug-likeness (QED) is 0.840. The van der Waals surface area contributed by atoms with Crippen LogP contribution in [0.1, 0.15) is 48.9 Å². The Balaban J connectivity index is 1.27. The Hall–Kier alpha value is -2.28. The summed E-state index contributed by atoms with van der Waals surface area (Å²) in [5.41, 5.74) is 0.541. The third-order valence-corrected chi connectivity index (χ3v) is 6.26. The van der Waals surface area contributed by atoms with Gasteiger partial charge in [0.1, 0.15) is 6.04 Å². The van der Waals surface area contributed by atoms with E-state index < -0.39 is 0 Å². The molecule has 3 fully saturated rings. The number of amides is 2. The van der Waals surface area contributed by atoms with E-state index in [0.29, 0.717) is 35.7 Å². The van der Waals surface area contributed by atoms with Crippen LogP contribution in [0.5, 0.6) is 11.5 Å². The summed E-state index contributed by atoms with van der Waals surface area (Å²) in [5.74, 6) is 1.12. The molecule has 27 heavy (non-hydrogen) atoms. The normalized spacial score (nSPS) is 31.2. The maximum atomic E-state index is 13.0. The second-order valence-corrected chi connectivity index (χ2v) is 8.04. The zero-order valence-electron chi connectivity index (χ0n) is 15.3. The van der Waals surface area contributed by atoms with Gasteiger partial charge in [0.15, 0.2) is 11.5 Å². The summed E-state index contributed by atoms with van der Waals surface area (Å²) >= 11 is 0. The predicted octanol–water partition coefficient (Wildman–Crippen LogP) is 1.42. The molecule has 0 saturated carbocycles. The Morgan fingerprint density at radius 2 is 1.85 bits per heavy atom. The highest BCUT2D eigenvalue weighted by molar-refractivity contribution is 5.98. The number of carbonyl (C=O) groups is 2. The lowest BCUT2D eigenvalue weighted by atomic mass is 9.99. The van der Waals surface area contributed by atoms with Crippen LogP contribution in [0, 0.1) is 0 Å². The molecule has 4 heterocycles. The molecule has 0 aliphatic carbocycles. The van der Waals surface area contributed by atoms with Gasteiger partial charge in [-0.25, -0.2) is 0 Å². The first-order valence-electron chi connectivity index (χ1n) is 9.94. The van der Waals surface area contributed by atoms with E-state index in [1.165, 1.54) is 12.8 Å². The third-order valence-electron chi connectivity index (χ3n) is 6.26. The average molecular weight is 371 g/mol. The second kappa shape index (κ2) is 6.71. The van der Waals surface area contributed by atoms with Gasteiger partial charge in [-0.05, 0) is 56.7 Å². The topological polar surface area (TPSA) is 79.9 Å². The predicted molar refractivity (Wildman–Crippen MR) is 97.7 cm³/mol. The molecule has 2 amide bonds. The van der Waals surface area contributed by atoms with Gasteiger partial charge in [-0.3, -0.25) is 9.59 Å². The Kier molecular flexibility index (Phi) is 4.19. The van der Waals surface area contributed by atoms with Crippen LogP contribution in [0.4, 0.5) is 0 Å². The van der Waals surface area contributed by atoms with Crippen LogP contribution < -0.4 is 20.1 Å². The Morgan fingerprint density at radius 1 is 1.07 bits per heavy atom. The maximum absolute atomic E-state index is 13.0. The van der Waals surface area contributed by atoms with Crippen molar-refractivity contribution in [1.82, 2.24) is 15.5 Å². The highest BCUT2D eigenvalue weighted by Gasteiger charge is 2.38. The molecule has 1 aromatic carbocycles. The van der Waals surface area contributed by atoms with Gasteiger partial charge in [0.05, 0.1) is 0 Å². The lowest BCUT2D eigenvalue weighted by Gasteiger charge is -2.32. The van der Waals surface area contributed by atoms with Crippen molar-refractivity contribution in [2.75, 3.05) is 13.3 Å². The Labute approximate surface area is 158 Å². The van der Waals surface area contributed by atoms with Crippen LogP contribution in [0.2, 0.25) is 0 Å². The number of likely N-dealkylation sites (tertiary alicyclic amines) is 1. The number of ether oxygens (including phenoxy) is 2. The van der Waals surface area contributed by atoms with Crippen molar-refractivity contribution in [2.24, 2.45) is 0 Å². The molecular formula is C20H25N3O4. The molecule has 2 bridgehead atoms. The molecule has 2 N–H and O–H groups in total. The first kappa shape index (κ1) is 16.9. The van der Waals surface area contributed by atoms with Crippen molar-refractivity contribution in [3.05, 3.63) is 23.8 Å². The van der Waals surface area contributed by atoms with Crippen molar-refractivity contribution in [3.8, 4) is 11.5 Å². The van der Waals surface area contributed by atoms with Crippen molar-refractivity contribution in [1.29, 1.82) is 0 Å². The minimum Gasteiger partial charge on any atom is -0.454 e. The van der Waals surface area contributed by atoms with Gasteiger partial charge < -0.3 is 25.0 Å². The molecule has 4 aliphatic heterocycles. The zero-order valence-corrected chi connectivity index (χ0v) is 15.3. The number of fused-ring (bicyclic) bond motifs is 3. The Bertz CT molecular complexity index is 756. The Morgan fingerprint density at radius 3 is 2.67 bits per heavy atom. The third kappa shape index (κ3) is 3.14. The summed E-state index contributed by atoms with van der Waals surface area (Å²) in [6.07, 6.45) is 5.96. The van der Waals surface area contributed by atoms with Gasteiger partial charge in [-0.1, -0.05) is 0 Å². The molecular weight excluding hydrogens is 346 g/mol. The van der Waals surface area contributed by atoms with Gasteiger partial charge in [0, 0.05) is 30.2 Å². The number of carbonyl (C=O) groups excluding carboxylic acids is 2. The SMILES string of the molecule is O=C(NC1CC2CCC(C1)N2)C1CCCN1C(=O)c1ccc2c(c1)OCO2. The van der Waals surface area contributed by atoms with E-state index in [0.717, 1.165) is 25.7 Å². The molecule has 3 atom stereocenters. The van der Waals surface area contributed by atoms with Gasteiger partial charge in [-0.2, -0.15) is 0 Å². The van der Waals surface area contributed by atoms with E-state index in [1.54, 1.807) is 23.1 Å².